The number of aryl methyl sites for hydroxylation is 1. The molecule has 1 aliphatic heterocycles. The molecular weight excluding hydrogens is 268 g/mol. The van der Waals surface area contributed by atoms with E-state index in [0.717, 1.165) is 55.0 Å². The number of nitrogens with zero attached hydrogens (tertiary/aromatic N) is 3. The molecule has 1 aromatic carbocycles. The first kappa shape index (κ1) is 14.0. The Morgan fingerprint density at radius 3 is 2.71 bits per heavy atom. The van der Waals surface area contributed by atoms with E-state index in [1.54, 1.807) is 0 Å². The molecule has 1 aliphatic rings. The number of benzene rings is 1. The fraction of sp³-hybridized carbons (Fsp3) is 0.467. The van der Waals surface area contributed by atoms with Crippen LogP contribution in [0.3, 0.4) is 0 Å². The highest BCUT2D eigenvalue weighted by Gasteiger charge is 2.15. The Morgan fingerprint density at radius 2 is 2.00 bits per heavy atom. The van der Waals surface area contributed by atoms with Crippen LogP contribution in [0, 0.1) is 6.92 Å². The van der Waals surface area contributed by atoms with Crippen molar-refractivity contribution >= 4 is 16.5 Å². The predicted molar refractivity (Wildman–Crippen MR) is 81.6 cm³/mol. The molecule has 0 atom stereocenters. The topological polar surface area (TPSA) is 70.5 Å². The summed E-state index contributed by atoms with van der Waals surface area (Å²) in [7, 11) is 1.89. The average Bonchev–Trinajstić information content (AvgIpc) is 2.52. The molecule has 0 bridgehead atoms. The van der Waals surface area contributed by atoms with E-state index in [4.69, 9.17) is 4.74 Å². The van der Waals surface area contributed by atoms with Crippen LogP contribution in [-0.2, 0) is 11.3 Å². The average molecular weight is 288 g/mol. The molecule has 2 N–H and O–H groups in total. The molecule has 6 heteroatoms. The lowest BCUT2D eigenvalue weighted by molar-refractivity contribution is 0.0343. The van der Waals surface area contributed by atoms with Gasteiger partial charge in [0, 0.05) is 43.1 Å². The lowest BCUT2D eigenvalue weighted by Gasteiger charge is -2.27. The number of ether oxygens (including phenoxy) is 1. The van der Waals surface area contributed by atoms with Crippen molar-refractivity contribution in [2.24, 2.45) is 0 Å². The van der Waals surface area contributed by atoms with E-state index in [1.807, 2.05) is 20.0 Å². The first-order chi connectivity index (χ1) is 10.2. The monoisotopic (exact) mass is 288 g/mol. The van der Waals surface area contributed by atoms with Crippen molar-refractivity contribution in [2.45, 2.75) is 13.5 Å². The highest BCUT2D eigenvalue weighted by molar-refractivity contribution is 5.92. The van der Waals surface area contributed by atoms with Gasteiger partial charge in [0.1, 0.15) is 0 Å². The normalized spacial score (nSPS) is 16.3. The summed E-state index contributed by atoms with van der Waals surface area (Å²) in [4.78, 5) is 2.37. The molecule has 2 aromatic rings. The van der Waals surface area contributed by atoms with Crippen LogP contribution in [-0.4, -0.2) is 53.6 Å². The van der Waals surface area contributed by atoms with E-state index in [1.165, 1.54) is 5.56 Å². The zero-order valence-electron chi connectivity index (χ0n) is 12.4. The minimum atomic E-state index is -0.0231. The Labute approximate surface area is 123 Å². The van der Waals surface area contributed by atoms with E-state index in [0.29, 0.717) is 0 Å². The van der Waals surface area contributed by atoms with Crippen LogP contribution < -0.4 is 5.32 Å². The smallest absolute Gasteiger partial charge is 0.239 e. The lowest BCUT2D eigenvalue weighted by Crippen LogP contribution is -2.35. The van der Waals surface area contributed by atoms with Crippen LogP contribution in [0.2, 0.25) is 0 Å². The van der Waals surface area contributed by atoms with E-state index < -0.39 is 0 Å². The quantitative estimate of drug-likeness (QED) is 0.892. The molecule has 112 valence electrons. The zero-order chi connectivity index (χ0) is 14.8. The summed E-state index contributed by atoms with van der Waals surface area (Å²) in [6.07, 6.45) is 0. The number of fused-ring (bicyclic) bond motifs is 1. The molecule has 1 aromatic heterocycles. The summed E-state index contributed by atoms with van der Waals surface area (Å²) in [5.41, 5.74) is 3.03. The largest absolute Gasteiger partial charge is 0.492 e. The van der Waals surface area contributed by atoms with Crippen LogP contribution in [0.1, 0.15) is 11.3 Å². The van der Waals surface area contributed by atoms with E-state index >= 15 is 0 Å². The standard InChI is InChI=1S/C15H20N4O2/c1-10-12-7-11(9-19-3-5-21-6-4-19)14(16-2)8-13(12)15(20)18-17-10/h7-8,16H,3-6,9H2,1-2H3,(H,18,20). The van der Waals surface area contributed by atoms with E-state index in [2.05, 4.69) is 26.5 Å². The molecule has 0 amide bonds. The van der Waals surface area contributed by atoms with Crippen molar-refractivity contribution in [2.75, 3.05) is 38.7 Å². The molecular formula is C15H20N4O2. The first-order valence-corrected chi connectivity index (χ1v) is 7.16. The summed E-state index contributed by atoms with van der Waals surface area (Å²) in [6, 6.07) is 4.04. The Balaban J connectivity index is 2.02. The van der Waals surface area contributed by atoms with Gasteiger partial charge >= 0.3 is 0 Å². The fourth-order valence-corrected chi connectivity index (χ4v) is 2.72. The van der Waals surface area contributed by atoms with Crippen LogP contribution >= 0.6 is 0 Å². The van der Waals surface area contributed by atoms with Crippen LogP contribution in [0.25, 0.3) is 10.8 Å². The maximum atomic E-state index is 9.90. The van der Waals surface area contributed by atoms with Gasteiger partial charge in [-0.2, -0.15) is 5.10 Å². The van der Waals surface area contributed by atoms with Gasteiger partial charge in [-0.15, -0.1) is 5.10 Å². The molecule has 0 radical (unpaired) electrons. The van der Waals surface area contributed by atoms with Gasteiger partial charge in [-0.05, 0) is 24.6 Å². The second-order valence-electron chi connectivity index (χ2n) is 5.30. The van der Waals surface area contributed by atoms with Crippen molar-refractivity contribution in [3.8, 4) is 5.88 Å². The molecule has 0 spiro atoms. The van der Waals surface area contributed by atoms with Crippen molar-refractivity contribution in [1.82, 2.24) is 15.1 Å². The summed E-state index contributed by atoms with van der Waals surface area (Å²) < 4.78 is 5.39. The highest BCUT2D eigenvalue weighted by Crippen LogP contribution is 2.30. The third kappa shape index (κ3) is 2.77. The van der Waals surface area contributed by atoms with Gasteiger partial charge < -0.3 is 15.2 Å². The summed E-state index contributed by atoms with van der Waals surface area (Å²) in [5, 5.41) is 22.6. The molecule has 1 saturated heterocycles. The highest BCUT2D eigenvalue weighted by atomic mass is 16.5. The van der Waals surface area contributed by atoms with Gasteiger partial charge in [0.05, 0.1) is 18.9 Å². The lowest BCUT2D eigenvalue weighted by atomic mass is 10.0. The number of aromatic hydroxyl groups is 1. The third-order valence-electron chi connectivity index (χ3n) is 3.94. The Kier molecular flexibility index (Phi) is 3.90. The number of hydrogen-bond donors (Lipinski definition) is 2. The summed E-state index contributed by atoms with van der Waals surface area (Å²) in [6.45, 7) is 6.23. The first-order valence-electron chi connectivity index (χ1n) is 7.16. The van der Waals surface area contributed by atoms with E-state index in [9.17, 15) is 5.11 Å². The van der Waals surface area contributed by atoms with Crippen LogP contribution in [0.5, 0.6) is 5.88 Å². The number of aromatic nitrogens is 2. The molecule has 1 fully saturated rings. The van der Waals surface area contributed by atoms with Crippen molar-refractivity contribution < 1.29 is 9.84 Å². The molecule has 0 unspecified atom stereocenters. The number of morpholine rings is 1. The minimum Gasteiger partial charge on any atom is -0.492 e. The SMILES string of the molecule is CNc1cc2c(O)nnc(C)c2cc1CN1CCOCC1. The van der Waals surface area contributed by atoms with Crippen LogP contribution in [0.4, 0.5) is 5.69 Å². The maximum absolute atomic E-state index is 9.90. The zero-order valence-corrected chi connectivity index (χ0v) is 12.4. The molecule has 2 heterocycles. The van der Waals surface area contributed by atoms with Crippen molar-refractivity contribution in [3.63, 3.8) is 0 Å². The Bertz CT molecular complexity index is 654. The maximum Gasteiger partial charge on any atom is 0.239 e. The molecule has 0 saturated carbocycles. The van der Waals surface area contributed by atoms with E-state index in [-0.39, 0.29) is 5.88 Å². The minimum absolute atomic E-state index is 0.0231. The van der Waals surface area contributed by atoms with Crippen molar-refractivity contribution in [3.05, 3.63) is 23.4 Å². The van der Waals surface area contributed by atoms with Gasteiger partial charge in [0.15, 0.2) is 0 Å². The second-order valence-corrected chi connectivity index (χ2v) is 5.30. The molecule has 6 nitrogen and oxygen atoms in total. The Hall–Kier alpha value is -1.92. The van der Waals surface area contributed by atoms with Gasteiger partial charge in [0.25, 0.3) is 0 Å². The van der Waals surface area contributed by atoms with Gasteiger partial charge in [-0.1, -0.05) is 0 Å². The third-order valence-corrected chi connectivity index (χ3v) is 3.94. The second kappa shape index (κ2) is 5.83. The molecule has 3 rings (SSSR count). The Morgan fingerprint density at radius 1 is 1.24 bits per heavy atom. The molecule has 0 aliphatic carbocycles. The number of nitrogens with one attached hydrogen (secondary N) is 1. The molecule has 21 heavy (non-hydrogen) atoms. The number of rotatable bonds is 3. The van der Waals surface area contributed by atoms with Gasteiger partial charge in [-0.25, -0.2) is 0 Å². The van der Waals surface area contributed by atoms with Crippen LogP contribution in [0.15, 0.2) is 12.1 Å². The number of anilines is 1. The fourth-order valence-electron chi connectivity index (χ4n) is 2.72. The van der Waals surface area contributed by atoms with Gasteiger partial charge in [-0.3, -0.25) is 4.90 Å². The van der Waals surface area contributed by atoms with Gasteiger partial charge in [0.2, 0.25) is 5.88 Å². The summed E-state index contributed by atoms with van der Waals surface area (Å²) in [5.74, 6) is -0.0231. The van der Waals surface area contributed by atoms with Crippen molar-refractivity contribution in [1.29, 1.82) is 0 Å². The summed E-state index contributed by atoms with van der Waals surface area (Å²) >= 11 is 0. The predicted octanol–water partition coefficient (Wildman–Crippen LogP) is 1.52. The number of hydrogen-bond acceptors (Lipinski definition) is 6.